The fraction of sp³-hybridized carbons (Fsp3) is 0.294. The summed E-state index contributed by atoms with van der Waals surface area (Å²) in [7, 11) is 1.80. The number of amides is 1. The van der Waals surface area contributed by atoms with Gasteiger partial charge in [-0.15, -0.1) is 0 Å². The molecule has 1 aromatic carbocycles. The van der Waals surface area contributed by atoms with Gasteiger partial charge in [-0.3, -0.25) is 9.78 Å². The van der Waals surface area contributed by atoms with E-state index in [-0.39, 0.29) is 11.9 Å². The third-order valence-electron chi connectivity index (χ3n) is 3.45. The van der Waals surface area contributed by atoms with E-state index in [1.54, 1.807) is 18.1 Å². The number of carbonyl (C=O) groups is 1. The Morgan fingerprint density at radius 2 is 1.90 bits per heavy atom. The molecule has 0 saturated heterocycles. The number of benzene rings is 1. The maximum atomic E-state index is 12.1. The van der Waals surface area contributed by atoms with Gasteiger partial charge in [0.15, 0.2) is 0 Å². The number of nitrogens with two attached hydrogens (primary N) is 1. The first kappa shape index (κ1) is 15.2. The molecular formula is C17H21N3O. The normalized spacial score (nSPS) is 11.9. The standard InChI is InChI=1S/C17H21N3O/c1-20(13-15-9-5-6-12-19-15)17(21)11-10-16(18)14-7-3-2-4-8-14/h2-9,12,16H,10-11,13,18H2,1H3. The lowest BCUT2D eigenvalue weighted by Gasteiger charge is -2.18. The van der Waals surface area contributed by atoms with Gasteiger partial charge in [0, 0.05) is 25.7 Å². The summed E-state index contributed by atoms with van der Waals surface area (Å²) in [4.78, 5) is 18.0. The highest BCUT2D eigenvalue weighted by Crippen LogP contribution is 2.16. The molecule has 1 aromatic heterocycles. The molecule has 1 heterocycles. The summed E-state index contributed by atoms with van der Waals surface area (Å²) in [6, 6.07) is 15.5. The van der Waals surface area contributed by atoms with E-state index in [9.17, 15) is 4.79 Å². The maximum absolute atomic E-state index is 12.1. The summed E-state index contributed by atoms with van der Waals surface area (Å²) >= 11 is 0. The summed E-state index contributed by atoms with van der Waals surface area (Å²) in [6.45, 7) is 0.528. The van der Waals surface area contributed by atoms with Crippen LogP contribution in [0.1, 0.15) is 30.1 Å². The zero-order valence-electron chi connectivity index (χ0n) is 12.3. The van der Waals surface area contributed by atoms with Crippen molar-refractivity contribution in [1.29, 1.82) is 0 Å². The first-order valence-electron chi connectivity index (χ1n) is 7.11. The number of hydrogen-bond donors (Lipinski definition) is 1. The van der Waals surface area contributed by atoms with Crippen LogP contribution in [0.5, 0.6) is 0 Å². The van der Waals surface area contributed by atoms with E-state index in [0.717, 1.165) is 11.3 Å². The molecular weight excluding hydrogens is 262 g/mol. The second-order valence-electron chi connectivity index (χ2n) is 5.13. The van der Waals surface area contributed by atoms with Crippen molar-refractivity contribution in [1.82, 2.24) is 9.88 Å². The van der Waals surface area contributed by atoms with Crippen LogP contribution in [0.2, 0.25) is 0 Å². The van der Waals surface area contributed by atoms with E-state index in [1.165, 1.54) is 0 Å². The lowest BCUT2D eigenvalue weighted by atomic mass is 10.0. The van der Waals surface area contributed by atoms with Crippen molar-refractivity contribution in [3.63, 3.8) is 0 Å². The highest BCUT2D eigenvalue weighted by Gasteiger charge is 2.13. The Morgan fingerprint density at radius 1 is 1.19 bits per heavy atom. The van der Waals surface area contributed by atoms with Crippen LogP contribution in [0, 0.1) is 0 Å². The number of hydrogen-bond acceptors (Lipinski definition) is 3. The predicted octanol–water partition coefficient (Wildman–Crippen LogP) is 2.52. The lowest BCUT2D eigenvalue weighted by Crippen LogP contribution is -2.27. The highest BCUT2D eigenvalue weighted by atomic mass is 16.2. The third kappa shape index (κ3) is 4.68. The van der Waals surface area contributed by atoms with Gasteiger partial charge >= 0.3 is 0 Å². The highest BCUT2D eigenvalue weighted by molar-refractivity contribution is 5.75. The minimum absolute atomic E-state index is 0.0898. The average molecular weight is 283 g/mol. The Labute approximate surface area is 125 Å². The molecule has 0 saturated carbocycles. The number of aromatic nitrogens is 1. The van der Waals surface area contributed by atoms with E-state index in [4.69, 9.17) is 5.73 Å². The predicted molar refractivity (Wildman–Crippen MR) is 83.3 cm³/mol. The minimum atomic E-state index is -0.0987. The lowest BCUT2D eigenvalue weighted by molar-refractivity contribution is -0.130. The van der Waals surface area contributed by atoms with E-state index in [2.05, 4.69) is 4.98 Å². The number of pyridine rings is 1. The van der Waals surface area contributed by atoms with Crippen molar-refractivity contribution in [3.05, 3.63) is 66.0 Å². The van der Waals surface area contributed by atoms with Crippen molar-refractivity contribution in [2.45, 2.75) is 25.4 Å². The summed E-state index contributed by atoms with van der Waals surface area (Å²) < 4.78 is 0. The molecule has 1 amide bonds. The van der Waals surface area contributed by atoms with Crippen LogP contribution in [0.15, 0.2) is 54.7 Å². The molecule has 1 unspecified atom stereocenters. The molecule has 1 atom stereocenters. The average Bonchev–Trinajstić information content (AvgIpc) is 2.54. The maximum Gasteiger partial charge on any atom is 0.222 e. The van der Waals surface area contributed by atoms with Gasteiger partial charge in [0.05, 0.1) is 12.2 Å². The molecule has 110 valence electrons. The van der Waals surface area contributed by atoms with Gasteiger partial charge in [0.25, 0.3) is 0 Å². The number of rotatable bonds is 6. The van der Waals surface area contributed by atoms with Crippen molar-refractivity contribution < 1.29 is 4.79 Å². The van der Waals surface area contributed by atoms with Crippen LogP contribution < -0.4 is 5.73 Å². The third-order valence-corrected chi connectivity index (χ3v) is 3.45. The molecule has 0 aliphatic rings. The fourth-order valence-corrected chi connectivity index (χ4v) is 2.16. The molecule has 4 nitrogen and oxygen atoms in total. The van der Waals surface area contributed by atoms with Crippen molar-refractivity contribution in [2.75, 3.05) is 7.05 Å². The topological polar surface area (TPSA) is 59.2 Å². The van der Waals surface area contributed by atoms with Crippen molar-refractivity contribution >= 4 is 5.91 Å². The molecule has 0 aliphatic heterocycles. The Hall–Kier alpha value is -2.20. The van der Waals surface area contributed by atoms with E-state index >= 15 is 0 Å². The van der Waals surface area contributed by atoms with Crippen LogP contribution in [0.25, 0.3) is 0 Å². The molecule has 4 heteroatoms. The first-order valence-corrected chi connectivity index (χ1v) is 7.11. The monoisotopic (exact) mass is 283 g/mol. The molecule has 2 N–H and O–H groups in total. The zero-order chi connectivity index (χ0) is 15.1. The molecule has 21 heavy (non-hydrogen) atoms. The zero-order valence-corrected chi connectivity index (χ0v) is 12.3. The van der Waals surface area contributed by atoms with Crippen LogP contribution >= 0.6 is 0 Å². The smallest absolute Gasteiger partial charge is 0.222 e. The molecule has 0 aliphatic carbocycles. The van der Waals surface area contributed by atoms with Gasteiger partial charge in [0.2, 0.25) is 5.91 Å². The number of nitrogens with zero attached hydrogens (tertiary/aromatic N) is 2. The van der Waals surface area contributed by atoms with E-state index in [1.807, 2.05) is 48.5 Å². The second kappa shape index (κ2) is 7.55. The fourth-order valence-electron chi connectivity index (χ4n) is 2.16. The molecule has 0 radical (unpaired) electrons. The van der Waals surface area contributed by atoms with Gasteiger partial charge < -0.3 is 10.6 Å². The van der Waals surface area contributed by atoms with Crippen molar-refractivity contribution in [3.8, 4) is 0 Å². The summed E-state index contributed by atoms with van der Waals surface area (Å²) in [5, 5.41) is 0. The van der Waals surface area contributed by atoms with Gasteiger partial charge in [-0.2, -0.15) is 0 Å². The Bertz CT molecular complexity index is 557. The molecule has 0 bridgehead atoms. The largest absolute Gasteiger partial charge is 0.340 e. The first-order chi connectivity index (χ1) is 10.2. The van der Waals surface area contributed by atoms with Gasteiger partial charge in [-0.1, -0.05) is 36.4 Å². The number of carbonyl (C=O) groups excluding carboxylic acids is 1. The molecule has 2 aromatic rings. The van der Waals surface area contributed by atoms with Crippen LogP contribution in [0.3, 0.4) is 0 Å². The van der Waals surface area contributed by atoms with Crippen LogP contribution in [0.4, 0.5) is 0 Å². The van der Waals surface area contributed by atoms with Gasteiger partial charge in [0.1, 0.15) is 0 Å². The summed E-state index contributed by atoms with van der Waals surface area (Å²) in [5.74, 6) is 0.0898. The molecule has 2 rings (SSSR count). The minimum Gasteiger partial charge on any atom is -0.340 e. The Morgan fingerprint density at radius 3 is 2.57 bits per heavy atom. The molecule has 0 spiro atoms. The molecule has 0 fully saturated rings. The quantitative estimate of drug-likeness (QED) is 0.886. The van der Waals surface area contributed by atoms with E-state index in [0.29, 0.717) is 19.4 Å². The Balaban J connectivity index is 1.81. The van der Waals surface area contributed by atoms with E-state index < -0.39 is 0 Å². The van der Waals surface area contributed by atoms with Gasteiger partial charge in [-0.05, 0) is 24.1 Å². The van der Waals surface area contributed by atoms with Crippen LogP contribution in [-0.4, -0.2) is 22.8 Å². The van der Waals surface area contributed by atoms with Gasteiger partial charge in [-0.25, -0.2) is 0 Å². The second-order valence-corrected chi connectivity index (χ2v) is 5.13. The SMILES string of the molecule is CN(Cc1ccccn1)C(=O)CCC(N)c1ccccc1. The summed E-state index contributed by atoms with van der Waals surface area (Å²) in [6.07, 6.45) is 2.83. The van der Waals surface area contributed by atoms with Crippen LogP contribution in [-0.2, 0) is 11.3 Å². The summed E-state index contributed by atoms with van der Waals surface area (Å²) in [5.41, 5.74) is 8.07. The Kier molecular flexibility index (Phi) is 5.46. The van der Waals surface area contributed by atoms with Crippen molar-refractivity contribution in [2.24, 2.45) is 5.73 Å².